The number of anilines is 1. The minimum atomic E-state index is -0.402. The molecule has 0 unspecified atom stereocenters. The summed E-state index contributed by atoms with van der Waals surface area (Å²) < 4.78 is 6.55. The summed E-state index contributed by atoms with van der Waals surface area (Å²) in [6, 6.07) is 16.0. The minimum absolute atomic E-state index is 0.0471. The van der Waals surface area contributed by atoms with E-state index in [-0.39, 0.29) is 30.2 Å². The van der Waals surface area contributed by atoms with Gasteiger partial charge >= 0.3 is 0 Å². The molecule has 8 nitrogen and oxygen atoms in total. The van der Waals surface area contributed by atoms with E-state index in [4.69, 9.17) is 4.52 Å². The average Bonchev–Trinajstić information content (AvgIpc) is 3.19. The molecule has 0 spiro atoms. The van der Waals surface area contributed by atoms with Crippen molar-refractivity contribution in [2.24, 2.45) is 0 Å². The fourth-order valence-corrected chi connectivity index (χ4v) is 3.06. The molecule has 1 amide bonds. The van der Waals surface area contributed by atoms with Crippen molar-refractivity contribution in [1.29, 1.82) is 0 Å². The van der Waals surface area contributed by atoms with E-state index in [1.165, 1.54) is 17.8 Å². The Morgan fingerprint density at radius 3 is 2.67 bits per heavy atom. The molecule has 0 radical (unpaired) electrons. The molecule has 4 rings (SSSR count). The van der Waals surface area contributed by atoms with E-state index >= 15 is 0 Å². The van der Waals surface area contributed by atoms with Gasteiger partial charge in [0.05, 0.1) is 6.33 Å². The zero-order valence-corrected chi connectivity index (χ0v) is 16.2. The number of nitrogens with one attached hydrogen (secondary N) is 1. The normalized spacial score (nSPS) is 10.8. The van der Waals surface area contributed by atoms with Gasteiger partial charge in [0.1, 0.15) is 11.2 Å². The van der Waals surface area contributed by atoms with Crippen LogP contribution in [-0.2, 0) is 11.3 Å². The molecule has 0 atom stereocenters. The number of ketones is 1. The summed E-state index contributed by atoms with van der Waals surface area (Å²) in [5.74, 6) is -0.371. The van der Waals surface area contributed by atoms with Gasteiger partial charge in [0, 0.05) is 29.8 Å². The van der Waals surface area contributed by atoms with Crippen LogP contribution in [0.5, 0.6) is 0 Å². The van der Waals surface area contributed by atoms with E-state index in [0.717, 1.165) is 5.56 Å². The largest absolute Gasteiger partial charge is 0.348 e. The fourth-order valence-electron chi connectivity index (χ4n) is 3.06. The molecule has 2 heterocycles. The molecule has 0 aliphatic carbocycles. The van der Waals surface area contributed by atoms with Gasteiger partial charge in [-0.1, -0.05) is 47.6 Å². The van der Waals surface area contributed by atoms with E-state index in [1.54, 1.807) is 24.3 Å². The number of amides is 1. The maximum atomic E-state index is 12.7. The highest BCUT2D eigenvalue weighted by Crippen LogP contribution is 2.23. The summed E-state index contributed by atoms with van der Waals surface area (Å²) in [4.78, 5) is 40.7. The standard InChI is InChI=1S/C22H18N4O4/c1-14(27)16-8-5-9-17(12-16)24-18(28)10-11-26-13-23-20-19(15-6-3-2-4-7-15)25-30-21(20)22(26)29/h2-9,12-13H,10-11H2,1H3,(H,24,28). The van der Waals surface area contributed by atoms with Crippen LogP contribution in [0.3, 0.4) is 0 Å². The van der Waals surface area contributed by atoms with Crippen LogP contribution < -0.4 is 10.9 Å². The SMILES string of the molecule is CC(=O)c1cccc(NC(=O)CCn2cnc3c(-c4ccccc4)noc3c2=O)c1. The first-order chi connectivity index (χ1) is 14.5. The van der Waals surface area contributed by atoms with Crippen LogP contribution in [0.15, 0.2) is 70.2 Å². The molecular formula is C22H18N4O4. The van der Waals surface area contributed by atoms with E-state index in [0.29, 0.717) is 22.5 Å². The number of aryl methyl sites for hydroxylation is 1. The highest BCUT2D eigenvalue weighted by Gasteiger charge is 2.16. The van der Waals surface area contributed by atoms with E-state index in [9.17, 15) is 14.4 Å². The zero-order chi connectivity index (χ0) is 21.1. The molecule has 0 fully saturated rings. The second-order valence-electron chi connectivity index (χ2n) is 6.75. The fraction of sp³-hybridized carbons (Fsp3) is 0.136. The molecule has 0 saturated heterocycles. The average molecular weight is 402 g/mol. The number of aromatic nitrogens is 3. The Kier molecular flexibility index (Phi) is 5.21. The topological polar surface area (TPSA) is 107 Å². The van der Waals surface area contributed by atoms with Gasteiger partial charge in [-0.25, -0.2) is 4.98 Å². The summed E-state index contributed by atoms with van der Waals surface area (Å²) in [5.41, 5.74) is 2.36. The van der Waals surface area contributed by atoms with Crippen LogP contribution >= 0.6 is 0 Å². The van der Waals surface area contributed by atoms with Gasteiger partial charge in [-0.2, -0.15) is 0 Å². The van der Waals surface area contributed by atoms with Gasteiger partial charge in [0.15, 0.2) is 5.78 Å². The zero-order valence-electron chi connectivity index (χ0n) is 16.2. The number of hydrogen-bond donors (Lipinski definition) is 1. The van der Waals surface area contributed by atoms with Crippen molar-refractivity contribution >= 4 is 28.5 Å². The predicted molar refractivity (Wildman–Crippen MR) is 111 cm³/mol. The second-order valence-corrected chi connectivity index (χ2v) is 6.75. The molecule has 2 aromatic carbocycles. The molecule has 2 aromatic heterocycles. The van der Waals surface area contributed by atoms with E-state index in [1.807, 2.05) is 30.3 Å². The van der Waals surface area contributed by atoms with Gasteiger partial charge in [-0.05, 0) is 19.1 Å². The lowest BCUT2D eigenvalue weighted by Gasteiger charge is -2.07. The molecule has 4 aromatic rings. The van der Waals surface area contributed by atoms with Crippen molar-refractivity contribution in [3.8, 4) is 11.3 Å². The van der Waals surface area contributed by atoms with Crippen LogP contribution in [0.4, 0.5) is 5.69 Å². The maximum Gasteiger partial charge on any atom is 0.299 e. The summed E-state index contributed by atoms with van der Waals surface area (Å²) in [7, 11) is 0. The highest BCUT2D eigenvalue weighted by atomic mass is 16.5. The van der Waals surface area contributed by atoms with Gasteiger partial charge in [0.2, 0.25) is 5.91 Å². The van der Waals surface area contributed by atoms with E-state index in [2.05, 4.69) is 15.5 Å². The smallest absolute Gasteiger partial charge is 0.299 e. The van der Waals surface area contributed by atoms with Crippen molar-refractivity contribution < 1.29 is 14.1 Å². The van der Waals surface area contributed by atoms with Gasteiger partial charge in [-0.15, -0.1) is 0 Å². The monoisotopic (exact) mass is 402 g/mol. The minimum Gasteiger partial charge on any atom is -0.348 e. The Labute approximate surface area is 171 Å². The first-order valence-corrected chi connectivity index (χ1v) is 9.34. The van der Waals surface area contributed by atoms with Crippen LogP contribution in [0, 0.1) is 0 Å². The van der Waals surface area contributed by atoms with E-state index < -0.39 is 5.56 Å². The Morgan fingerprint density at radius 1 is 1.10 bits per heavy atom. The molecule has 1 N–H and O–H groups in total. The number of Topliss-reactive ketones (excluding diaryl/α,β-unsaturated/α-hetero) is 1. The first kappa shape index (κ1) is 19.3. The molecule has 0 aliphatic heterocycles. The molecule has 30 heavy (non-hydrogen) atoms. The Hall–Kier alpha value is -4.07. The number of benzene rings is 2. The van der Waals surface area contributed by atoms with Gasteiger partial charge < -0.3 is 9.84 Å². The van der Waals surface area contributed by atoms with Crippen molar-refractivity contribution in [3.63, 3.8) is 0 Å². The van der Waals surface area contributed by atoms with Crippen molar-refractivity contribution in [3.05, 3.63) is 76.8 Å². The first-order valence-electron chi connectivity index (χ1n) is 9.34. The highest BCUT2D eigenvalue weighted by molar-refractivity contribution is 5.97. The van der Waals surface area contributed by atoms with Crippen molar-refractivity contribution in [1.82, 2.24) is 14.7 Å². The van der Waals surface area contributed by atoms with Gasteiger partial charge in [-0.3, -0.25) is 19.0 Å². The second kappa shape index (κ2) is 8.12. The number of rotatable bonds is 6. The molecule has 0 bridgehead atoms. The molecule has 0 saturated carbocycles. The Balaban J connectivity index is 1.49. The number of carbonyl (C=O) groups excluding carboxylic acids is 2. The Bertz CT molecular complexity index is 1290. The third-order valence-electron chi connectivity index (χ3n) is 4.63. The number of nitrogens with zero attached hydrogens (tertiary/aromatic N) is 3. The third-order valence-corrected chi connectivity index (χ3v) is 4.63. The molecule has 8 heteroatoms. The van der Waals surface area contributed by atoms with Gasteiger partial charge in [0.25, 0.3) is 11.1 Å². The van der Waals surface area contributed by atoms with Crippen LogP contribution in [0.1, 0.15) is 23.7 Å². The van der Waals surface area contributed by atoms with Crippen LogP contribution in [0.2, 0.25) is 0 Å². The lowest BCUT2D eigenvalue weighted by atomic mass is 10.1. The lowest BCUT2D eigenvalue weighted by molar-refractivity contribution is -0.116. The summed E-state index contributed by atoms with van der Waals surface area (Å²) in [6.07, 6.45) is 1.44. The summed E-state index contributed by atoms with van der Waals surface area (Å²) in [5, 5.41) is 6.71. The number of carbonyl (C=O) groups is 2. The number of hydrogen-bond acceptors (Lipinski definition) is 6. The molecule has 0 aliphatic rings. The molecular weight excluding hydrogens is 384 g/mol. The third kappa shape index (κ3) is 3.88. The summed E-state index contributed by atoms with van der Waals surface area (Å²) in [6.45, 7) is 1.59. The van der Waals surface area contributed by atoms with Crippen molar-refractivity contribution in [2.75, 3.05) is 5.32 Å². The summed E-state index contributed by atoms with van der Waals surface area (Å²) >= 11 is 0. The molecule has 150 valence electrons. The van der Waals surface area contributed by atoms with Crippen LogP contribution in [0.25, 0.3) is 22.4 Å². The van der Waals surface area contributed by atoms with Crippen molar-refractivity contribution in [2.45, 2.75) is 19.9 Å². The van der Waals surface area contributed by atoms with Crippen LogP contribution in [-0.4, -0.2) is 26.4 Å². The lowest BCUT2D eigenvalue weighted by Crippen LogP contribution is -2.23. The Morgan fingerprint density at radius 2 is 1.90 bits per heavy atom. The number of fused-ring (bicyclic) bond motifs is 1. The quantitative estimate of drug-likeness (QED) is 0.496. The predicted octanol–water partition coefficient (Wildman–Crippen LogP) is 3.28. The maximum absolute atomic E-state index is 12.7.